The largest absolute Gasteiger partial charge is 0.381 e. The molecule has 2 atom stereocenters. The number of pyridine rings is 1. The van der Waals surface area contributed by atoms with Crippen molar-refractivity contribution in [2.45, 2.75) is 35.5 Å². The van der Waals surface area contributed by atoms with Gasteiger partial charge in [0.15, 0.2) is 21.5 Å². The minimum Gasteiger partial charge on any atom is -0.381 e. The third kappa shape index (κ3) is 4.43. The van der Waals surface area contributed by atoms with Crippen molar-refractivity contribution >= 4 is 33.0 Å². The SMILES string of the molecule is CC1C2CC(S(=O)(=O)c3cc(C(=O)Nc4ccc(F)c(F)c4)ccc3Cl)CC1C2(O)c1nccn1-c1ccncc1. The van der Waals surface area contributed by atoms with E-state index in [0.717, 1.165) is 17.8 Å². The number of nitrogens with one attached hydrogen (secondary N) is 1. The molecule has 0 radical (unpaired) electrons. The zero-order valence-electron chi connectivity index (χ0n) is 21.7. The highest BCUT2D eigenvalue weighted by Crippen LogP contribution is 2.63. The van der Waals surface area contributed by atoms with Crippen molar-refractivity contribution in [3.63, 3.8) is 0 Å². The molecule has 8 nitrogen and oxygen atoms in total. The Morgan fingerprint density at radius 2 is 1.76 bits per heavy atom. The first kappa shape index (κ1) is 27.5. The van der Waals surface area contributed by atoms with Crippen molar-refractivity contribution in [1.29, 1.82) is 0 Å². The van der Waals surface area contributed by atoms with Gasteiger partial charge in [0, 0.05) is 47.8 Å². The smallest absolute Gasteiger partial charge is 0.255 e. The third-order valence-electron chi connectivity index (χ3n) is 8.49. The Morgan fingerprint density at radius 1 is 1.05 bits per heavy atom. The molecule has 3 aliphatic rings. The van der Waals surface area contributed by atoms with Crippen LogP contribution in [0.1, 0.15) is 35.9 Å². The van der Waals surface area contributed by atoms with E-state index in [0.29, 0.717) is 5.82 Å². The molecule has 3 saturated carbocycles. The van der Waals surface area contributed by atoms with Crippen molar-refractivity contribution in [3.05, 3.63) is 101 Å². The number of hydrogen-bond acceptors (Lipinski definition) is 6. The van der Waals surface area contributed by atoms with Gasteiger partial charge in [0.25, 0.3) is 5.91 Å². The summed E-state index contributed by atoms with van der Waals surface area (Å²) in [5.41, 5.74) is -0.524. The fraction of sp³-hybridized carbons (Fsp3) is 0.276. The molecule has 0 spiro atoms. The number of halogens is 3. The second-order valence-electron chi connectivity index (χ2n) is 10.6. The van der Waals surface area contributed by atoms with E-state index < -0.39 is 38.2 Å². The molecular weight excluding hydrogens is 574 g/mol. The van der Waals surface area contributed by atoms with Crippen molar-refractivity contribution in [1.82, 2.24) is 14.5 Å². The maximum atomic E-state index is 13.9. The lowest BCUT2D eigenvalue weighted by Gasteiger charge is -2.62. The van der Waals surface area contributed by atoms with Crippen LogP contribution in [-0.2, 0) is 15.4 Å². The minimum absolute atomic E-state index is 0.0112. The number of sulfone groups is 1. The molecule has 0 aliphatic heterocycles. The van der Waals surface area contributed by atoms with E-state index in [1.54, 1.807) is 41.5 Å². The van der Waals surface area contributed by atoms with Crippen LogP contribution in [0.15, 0.2) is 78.2 Å². The number of hydrogen-bond donors (Lipinski definition) is 2. The highest BCUT2D eigenvalue weighted by atomic mass is 35.5. The summed E-state index contributed by atoms with van der Waals surface area (Å²) in [5, 5.41) is 13.5. The number of nitrogens with zero attached hydrogens (tertiary/aromatic N) is 3. The maximum Gasteiger partial charge on any atom is 0.255 e. The van der Waals surface area contributed by atoms with Crippen LogP contribution in [0.5, 0.6) is 0 Å². The van der Waals surface area contributed by atoms with Gasteiger partial charge in [0.2, 0.25) is 0 Å². The molecule has 12 heteroatoms. The highest BCUT2D eigenvalue weighted by Gasteiger charge is 2.66. The number of imidazole rings is 1. The summed E-state index contributed by atoms with van der Waals surface area (Å²) >= 11 is 6.34. The molecule has 2 N–H and O–H groups in total. The van der Waals surface area contributed by atoms with Crippen molar-refractivity contribution in [2.75, 3.05) is 5.32 Å². The molecule has 2 heterocycles. The highest BCUT2D eigenvalue weighted by molar-refractivity contribution is 7.92. The maximum absolute atomic E-state index is 13.9. The van der Waals surface area contributed by atoms with Gasteiger partial charge in [-0.25, -0.2) is 22.2 Å². The van der Waals surface area contributed by atoms with Crippen molar-refractivity contribution < 1.29 is 27.1 Å². The summed E-state index contributed by atoms with van der Waals surface area (Å²) < 4.78 is 56.4. The van der Waals surface area contributed by atoms with Gasteiger partial charge in [-0.1, -0.05) is 18.5 Å². The minimum atomic E-state index is -4.01. The summed E-state index contributed by atoms with van der Waals surface area (Å²) in [6.45, 7) is 2.00. The van der Waals surface area contributed by atoms with Crippen LogP contribution in [0, 0.1) is 29.4 Å². The second kappa shape index (κ2) is 10.0. The van der Waals surface area contributed by atoms with E-state index in [-0.39, 0.29) is 51.8 Å². The van der Waals surface area contributed by atoms with Crippen LogP contribution in [-0.4, -0.2) is 39.2 Å². The first-order chi connectivity index (χ1) is 19.5. The molecule has 1 amide bonds. The number of rotatable bonds is 6. The summed E-state index contributed by atoms with van der Waals surface area (Å²) in [6.07, 6.45) is 7.02. The number of aromatic nitrogens is 3. The molecule has 2 bridgehead atoms. The Bertz CT molecular complexity index is 1750. The molecular formula is C29H25ClF2N4O4S. The standard InChI is InChI=1S/C29H25ClF2N4O4S/c1-16-21-14-20(15-22(16)29(21,38)28-34-10-11-36(28)19-6-8-33-9-7-19)41(39,40)26-12-17(2-4-23(26)30)27(37)35-18-3-5-24(31)25(32)13-18/h2-13,16,20-22,38H,14-15H2,1H3,(H,35,37). The van der Waals surface area contributed by atoms with Gasteiger partial charge in [-0.3, -0.25) is 9.78 Å². The Balaban J connectivity index is 1.26. The number of amides is 1. The van der Waals surface area contributed by atoms with Crippen molar-refractivity contribution in [3.8, 4) is 5.69 Å². The van der Waals surface area contributed by atoms with E-state index in [1.165, 1.54) is 24.3 Å². The number of anilines is 1. The van der Waals surface area contributed by atoms with Crippen molar-refractivity contribution in [2.24, 2.45) is 17.8 Å². The van der Waals surface area contributed by atoms with Gasteiger partial charge in [-0.05, 0) is 73.1 Å². The van der Waals surface area contributed by atoms with Gasteiger partial charge >= 0.3 is 0 Å². The van der Waals surface area contributed by atoms with Crippen LogP contribution < -0.4 is 5.32 Å². The molecule has 2 aromatic carbocycles. The van der Waals surface area contributed by atoms with Gasteiger partial charge in [-0.2, -0.15) is 0 Å². The van der Waals surface area contributed by atoms with Gasteiger partial charge in [0.05, 0.1) is 15.2 Å². The lowest BCUT2D eigenvalue weighted by atomic mass is 9.47. The fourth-order valence-corrected chi connectivity index (χ4v) is 8.76. The molecule has 0 saturated heterocycles. The van der Waals surface area contributed by atoms with Crippen LogP contribution in [0.2, 0.25) is 5.02 Å². The summed E-state index contributed by atoms with van der Waals surface area (Å²) in [4.78, 5) is 21.1. The Kier molecular flexibility index (Phi) is 6.71. The Labute approximate surface area is 239 Å². The lowest BCUT2D eigenvalue weighted by Crippen LogP contribution is -2.65. The average Bonchev–Trinajstić information content (AvgIpc) is 3.46. The molecule has 2 unspecified atom stereocenters. The van der Waals surface area contributed by atoms with E-state index >= 15 is 0 Å². The zero-order valence-corrected chi connectivity index (χ0v) is 23.3. The summed E-state index contributed by atoms with van der Waals surface area (Å²) in [6, 6.07) is 10.4. The van der Waals surface area contributed by atoms with Gasteiger partial charge in [0.1, 0.15) is 11.4 Å². The topological polar surface area (TPSA) is 114 Å². The number of benzene rings is 2. The van der Waals surface area contributed by atoms with Crippen LogP contribution in [0.3, 0.4) is 0 Å². The van der Waals surface area contributed by atoms with E-state index in [2.05, 4.69) is 15.3 Å². The van der Waals surface area contributed by atoms with E-state index in [9.17, 15) is 27.1 Å². The summed E-state index contributed by atoms with van der Waals surface area (Å²) in [7, 11) is -4.01. The second-order valence-corrected chi connectivity index (χ2v) is 13.2. The Morgan fingerprint density at radius 3 is 2.44 bits per heavy atom. The number of aliphatic hydroxyl groups is 1. The molecule has 3 aliphatic carbocycles. The Hall–Kier alpha value is -3.67. The molecule has 7 rings (SSSR count). The number of fused-ring (bicyclic) bond motifs is 2. The van der Waals surface area contributed by atoms with Gasteiger partial charge in [-0.15, -0.1) is 0 Å². The predicted octanol–water partition coefficient (Wildman–Crippen LogP) is 5.16. The molecule has 3 fully saturated rings. The molecule has 41 heavy (non-hydrogen) atoms. The zero-order chi connectivity index (χ0) is 29.1. The first-order valence-electron chi connectivity index (χ1n) is 13.0. The third-order valence-corrected chi connectivity index (χ3v) is 11.1. The van der Waals surface area contributed by atoms with E-state index in [1.807, 2.05) is 6.92 Å². The first-order valence-corrected chi connectivity index (χ1v) is 14.9. The lowest BCUT2D eigenvalue weighted by molar-refractivity contribution is -0.230. The number of carbonyl (C=O) groups excluding carboxylic acids is 1. The quantitative estimate of drug-likeness (QED) is 0.317. The van der Waals surface area contributed by atoms with Gasteiger partial charge < -0.3 is 15.0 Å². The summed E-state index contributed by atoms with van der Waals surface area (Å²) in [5.74, 6) is -3.11. The normalized spacial score (nSPS) is 25.4. The molecule has 212 valence electrons. The fourth-order valence-electron chi connectivity index (χ4n) is 6.41. The predicted molar refractivity (Wildman–Crippen MR) is 147 cm³/mol. The van der Waals surface area contributed by atoms with Crippen LogP contribution >= 0.6 is 11.6 Å². The molecule has 4 aromatic rings. The number of carbonyl (C=O) groups is 1. The van der Waals surface area contributed by atoms with Crippen LogP contribution in [0.4, 0.5) is 14.5 Å². The van der Waals surface area contributed by atoms with E-state index in [4.69, 9.17) is 11.6 Å². The average molecular weight is 599 g/mol. The molecule has 2 aromatic heterocycles. The monoisotopic (exact) mass is 598 g/mol. The van der Waals surface area contributed by atoms with Crippen LogP contribution in [0.25, 0.3) is 5.69 Å².